The molecule has 12 rings (SSSR count). The number of rotatable bonds is 18. The summed E-state index contributed by atoms with van der Waals surface area (Å²) in [5.41, 5.74) is 17.2. The number of hydrogen-bond acceptors (Lipinski definition) is 23. The minimum atomic E-state index is 0.166. The van der Waals surface area contributed by atoms with E-state index in [0.717, 1.165) is 50.7 Å². The molecule has 6 aromatic carbocycles. The number of aromatic amines is 2. The van der Waals surface area contributed by atoms with E-state index < -0.39 is 0 Å². The van der Waals surface area contributed by atoms with Gasteiger partial charge in [-0.1, -0.05) is 157 Å². The number of anilines is 10. The SMILES string of the molecule is Cn1ccnc1Sc1nc(Nc2ccccc2)nc(Nc2ccccc2)n1.Nc1nc(CSc2n[nH]c(-c3ccccc3)n2)nc(Nc2ccccc2)n1.Nc1nc(CSc2n[nH]c(-c3ccccc3)n2)nc(Nc2ccccc2)n1. The van der Waals surface area contributed by atoms with E-state index in [2.05, 4.69) is 101 Å². The normalized spacial score (nSPS) is 10.6. The molecule has 0 unspecified atom stereocenters. The van der Waals surface area contributed by atoms with Crippen molar-refractivity contribution in [2.24, 2.45) is 7.05 Å². The molecule has 402 valence electrons. The van der Waals surface area contributed by atoms with Crippen molar-refractivity contribution < 1.29 is 0 Å². The number of benzene rings is 6. The van der Waals surface area contributed by atoms with Gasteiger partial charge >= 0.3 is 0 Å². The molecule has 0 saturated heterocycles. The van der Waals surface area contributed by atoms with Crippen LogP contribution >= 0.6 is 35.3 Å². The van der Waals surface area contributed by atoms with Gasteiger partial charge in [-0.25, -0.2) is 15.0 Å². The lowest BCUT2D eigenvalue weighted by Crippen LogP contribution is -2.06. The van der Waals surface area contributed by atoms with Crippen molar-refractivity contribution in [2.75, 3.05) is 32.7 Å². The van der Waals surface area contributed by atoms with Crippen LogP contribution in [0.25, 0.3) is 22.8 Å². The van der Waals surface area contributed by atoms with Crippen LogP contribution in [0.2, 0.25) is 0 Å². The van der Waals surface area contributed by atoms with Crippen LogP contribution in [-0.4, -0.2) is 84.8 Å². The summed E-state index contributed by atoms with van der Waals surface area (Å²) in [6, 6.07) is 58.5. The molecule has 0 aliphatic carbocycles. The number of nitrogens with one attached hydrogen (secondary N) is 6. The molecule has 0 aliphatic heterocycles. The second-order valence-electron chi connectivity index (χ2n) is 16.8. The van der Waals surface area contributed by atoms with Gasteiger partial charge in [-0.2, -0.15) is 44.9 Å². The number of H-pyrrole nitrogens is 2. The molecule has 0 bridgehead atoms. The second kappa shape index (κ2) is 27.3. The summed E-state index contributed by atoms with van der Waals surface area (Å²) >= 11 is 4.23. The van der Waals surface area contributed by atoms with E-state index in [1.165, 1.54) is 35.3 Å². The molecule has 0 spiro atoms. The molecule has 26 heteroatoms. The Kier molecular flexibility index (Phi) is 18.2. The fourth-order valence-corrected chi connectivity index (χ4v) is 9.15. The first-order valence-electron chi connectivity index (χ1n) is 24.7. The van der Waals surface area contributed by atoms with Crippen molar-refractivity contribution in [3.63, 3.8) is 0 Å². The maximum atomic E-state index is 5.81. The van der Waals surface area contributed by atoms with Gasteiger partial charge in [-0.3, -0.25) is 10.2 Å². The van der Waals surface area contributed by atoms with E-state index in [4.69, 9.17) is 11.5 Å². The highest BCUT2D eigenvalue weighted by atomic mass is 32.2. The highest BCUT2D eigenvalue weighted by Crippen LogP contribution is 2.28. The Labute approximate surface area is 476 Å². The molecule has 0 amide bonds. The van der Waals surface area contributed by atoms with Crippen molar-refractivity contribution in [2.45, 2.75) is 32.1 Å². The van der Waals surface area contributed by atoms with Gasteiger partial charge in [0.1, 0.15) is 11.6 Å². The van der Waals surface area contributed by atoms with Crippen molar-refractivity contribution in [3.05, 3.63) is 206 Å². The summed E-state index contributed by atoms with van der Waals surface area (Å²) < 4.78 is 1.92. The predicted molar refractivity (Wildman–Crippen MR) is 317 cm³/mol. The van der Waals surface area contributed by atoms with Gasteiger partial charge in [-0.15, -0.1) is 10.2 Å². The Balaban J connectivity index is 0.000000136. The number of hydrogen-bond donors (Lipinski definition) is 8. The first-order chi connectivity index (χ1) is 39.8. The van der Waals surface area contributed by atoms with E-state index in [1.807, 2.05) is 200 Å². The fourth-order valence-electron chi connectivity index (χ4n) is 7.10. The van der Waals surface area contributed by atoms with E-state index in [0.29, 0.717) is 62.4 Å². The van der Waals surface area contributed by atoms with Gasteiger partial charge in [0.25, 0.3) is 0 Å². The van der Waals surface area contributed by atoms with E-state index in [-0.39, 0.29) is 11.9 Å². The van der Waals surface area contributed by atoms with Gasteiger partial charge in [0.05, 0.1) is 11.5 Å². The lowest BCUT2D eigenvalue weighted by atomic mass is 10.2. The summed E-state index contributed by atoms with van der Waals surface area (Å²) in [6.07, 6.45) is 3.63. The molecule has 0 atom stereocenters. The predicted octanol–water partition coefficient (Wildman–Crippen LogP) is 10.8. The number of para-hydroxylation sites is 4. The van der Waals surface area contributed by atoms with Crippen molar-refractivity contribution in [1.82, 2.24) is 84.8 Å². The van der Waals surface area contributed by atoms with Gasteiger partial charge in [0.2, 0.25) is 51.2 Å². The molecule has 6 heterocycles. The standard InChI is InChI=1S/C19H17N7S.2C18H16N8S/c1-26-13-12-20-19(26)27-18-24-16(21-14-8-4-2-5-9-14)23-17(25-18)22-15-10-6-3-7-11-15;2*19-16-21-14(22-17(24-16)20-13-9-5-2-6-10-13)11-27-18-23-15(25-26-18)12-7-3-1-4-8-12/h2-13H,1H3,(H2,21,22,23,24,25);2*1-10H,11H2,(H,23,25,26)(H3,19,20,21,22,24). The minimum absolute atomic E-state index is 0.166. The van der Waals surface area contributed by atoms with Crippen molar-refractivity contribution >= 4 is 93.7 Å². The first kappa shape index (κ1) is 54.1. The molecule has 6 aromatic heterocycles. The molecule has 0 fully saturated rings. The largest absolute Gasteiger partial charge is 0.368 e. The number of nitrogens with two attached hydrogens (primary N) is 2. The average Bonchev–Trinajstić information content (AvgIpc) is 4.28. The Bertz CT molecular complexity index is 3630. The lowest BCUT2D eigenvalue weighted by Gasteiger charge is -2.10. The molecule has 81 heavy (non-hydrogen) atoms. The zero-order chi connectivity index (χ0) is 55.4. The summed E-state index contributed by atoms with van der Waals surface area (Å²) in [4.78, 5) is 52.3. The van der Waals surface area contributed by atoms with Crippen LogP contribution in [0.1, 0.15) is 11.6 Å². The lowest BCUT2D eigenvalue weighted by molar-refractivity contribution is 0.784. The third kappa shape index (κ3) is 16.4. The van der Waals surface area contributed by atoms with Crippen molar-refractivity contribution in [1.29, 1.82) is 0 Å². The maximum Gasteiger partial charge on any atom is 0.233 e. The number of imidazole rings is 1. The number of nitrogens with zero attached hydrogens (tertiary/aromatic N) is 15. The smallest absolute Gasteiger partial charge is 0.233 e. The van der Waals surface area contributed by atoms with Crippen LogP contribution in [0.3, 0.4) is 0 Å². The zero-order valence-electron chi connectivity index (χ0n) is 43.0. The molecular weight excluding hydrogens is 1080 g/mol. The summed E-state index contributed by atoms with van der Waals surface area (Å²) in [6.45, 7) is 0. The minimum Gasteiger partial charge on any atom is -0.368 e. The van der Waals surface area contributed by atoms with Crippen molar-refractivity contribution in [3.8, 4) is 22.8 Å². The molecule has 0 radical (unpaired) electrons. The Morgan fingerprint density at radius 2 is 0.765 bits per heavy atom. The van der Waals surface area contributed by atoms with Gasteiger partial charge in [0, 0.05) is 53.3 Å². The molecule has 0 aliphatic rings. The van der Waals surface area contributed by atoms with E-state index >= 15 is 0 Å². The third-order valence-corrected chi connectivity index (χ3v) is 13.4. The Morgan fingerprint density at radius 1 is 0.407 bits per heavy atom. The highest BCUT2D eigenvalue weighted by Gasteiger charge is 2.14. The monoisotopic (exact) mass is 1130 g/mol. The van der Waals surface area contributed by atoms with Gasteiger partial charge in [-0.05, 0) is 60.3 Å². The van der Waals surface area contributed by atoms with E-state index in [9.17, 15) is 0 Å². The maximum absolute atomic E-state index is 5.81. The molecule has 0 saturated carbocycles. The summed E-state index contributed by atoms with van der Waals surface area (Å²) in [7, 11) is 1.93. The second-order valence-corrected chi connectivity index (χ2v) is 19.6. The average molecular weight is 1130 g/mol. The third-order valence-electron chi connectivity index (χ3n) is 10.8. The molecule has 10 N–H and O–H groups in total. The number of nitrogen functional groups attached to an aromatic ring is 2. The first-order valence-corrected chi connectivity index (χ1v) is 27.5. The van der Waals surface area contributed by atoms with Crippen LogP contribution in [-0.2, 0) is 18.6 Å². The summed E-state index contributed by atoms with van der Waals surface area (Å²) in [5, 5.41) is 29.6. The van der Waals surface area contributed by atoms with Gasteiger partial charge in [0.15, 0.2) is 16.8 Å². The van der Waals surface area contributed by atoms with Crippen LogP contribution in [0, 0.1) is 0 Å². The summed E-state index contributed by atoms with van der Waals surface area (Å²) in [5.74, 6) is 5.57. The number of thioether (sulfide) groups is 2. The Morgan fingerprint density at radius 3 is 1.12 bits per heavy atom. The quantitative estimate of drug-likeness (QED) is 0.0370. The topological polar surface area (TPSA) is 317 Å². The number of aryl methyl sites for hydroxylation is 1. The molecule has 23 nitrogen and oxygen atoms in total. The number of aromatic nitrogens is 17. The molecule has 12 aromatic rings. The van der Waals surface area contributed by atoms with Crippen LogP contribution < -0.4 is 32.7 Å². The van der Waals surface area contributed by atoms with Crippen LogP contribution in [0.15, 0.2) is 215 Å². The highest BCUT2D eigenvalue weighted by molar-refractivity contribution is 7.99. The van der Waals surface area contributed by atoms with Crippen LogP contribution in [0.5, 0.6) is 0 Å². The fraction of sp³-hybridized carbons (Fsp3) is 0.0545. The Hall–Kier alpha value is -10.3. The zero-order valence-corrected chi connectivity index (χ0v) is 45.4. The van der Waals surface area contributed by atoms with Gasteiger partial charge < -0.3 is 37.3 Å². The van der Waals surface area contributed by atoms with Crippen LogP contribution in [0.4, 0.5) is 58.4 Å². The molecular formula is C55H49N23S3. The van der Waals surface area contributed by atoms with E-state index in [1.54, 1.807) is 6.20 Å².